The molecule has 1 saturated heterocycles. The fourth-order valence-electron chi connectivity index (χ4n) is 10.2. The summed E-state index contributed by atoms with van der Waals surface area (Å²) in [5, 5.41) is 78.5. The van der Waals surface area contributed by atoms with Crippen molar-refractivity contribution in [2.24, 2.45) is 5.92 Å². The highest BCUT2D eigenvalue weighted by molar-refractivity contribution is 7.89. The zero-order valence-corrected chi connectivity index (χ0v) is 53.6. The van der Waals surface area contributed by atoms with E-state index >= 15 is 0 Å². The van der Waals surface area contributed by atoms with Gasteiger partial charge in [-0.2, -0.15) is 9.82 Å². The number of carbonyl (C=O) groups is 11. The number of benzene rings is 2. The van der Waals surface area contributed by atoms with Gasteiger partial charge in [-0.05, 0) is 93.1 Å². The molecule has 13 N–H and O–H groups in total. The molecule has 1 fully saturated rings. The third-order valence-corrected chi connectivity index (χ3v) is 16.8. The Hall–Kier alpha value is -9.42. The van der Waals surface area contributed by atoms with Gasteiger partial charge in [-0.3, -0.25) is 77.0 Å². The number of nitrogens with zero attached hydrogens (tertiary/aromatic N) is 7. The number of anilines is 1. The molecule has 5 rings (SSSR count). The highest BCUT2D eigenvalue weighted by Crippen LogP contribution is 2.27. The first-order valence-corrected chi connectivity index (χ1v) is 32.1. The number of aliphatic carboxylic acids is 6. The van der Waals surface area contributed by atoms with Crippen molar-refractivity contribution in [2.75, 3.05) is 123 Å². The highest BCUT2D eigenvalue weighted by atomic mass is 32.2. The van der Waals surface area contributed by atoms with Gasteiger partial charge in [0.05, 0.1) is 55.3 Å². The Balaban J connectivity index is 1.07. The number of hydrogen-bond acceptors (Lipinski definition) is 21. The molecule has 3 unspecified atom stereocenters. The van der Waals surface area contributed by atoms with Crippen LogP contribution in [0.4, 0.5) is 5.82 Å². The van der Waals surface area contributed by atoms with Gasteiger partial charge >= 0.3 is 35.8 Å². The lowest BCUT2D eigenvalue weighted by Gasteiger charge is -2.33. The second-order valence-electron chi connectivity index (χ2n) is 22.6. The van der Waals surface area contributed by atoms with Crippen molar-refractivity contribution in [1.82, 2.24) is 65.7 Å². The summed E-state index contributed by atoms with van der Waals surface area (Å²) < 4.78 is 37.2. The van der Waals surface area contributed by atoms with Gasteiger partial charge in [0, 0.05) is 128 Å². The number of carboxylic acids is 6. The molecule has 0 bridgehead atoms. The van der Waals surface area contributed by atoms with Gasteiger partial charge in [-0.1, -0.05) is 6.07 Å². The van der Waals surface area contributed by atoms with E-state index in [2.05, 4.69) is 46.7 Å². The van der Waals surface area contributed by atoms with Crippen molar-refractivity contribution in [3.63, 3.8) is 0 Å². The molecule has 3 atom stereocenters. The van der Waals surface area contributed by atoms with E-state index < -0.39 is 139 Å². The number of sulfonamides is 1. The Labute approximate surface area is 547 Å². The molecule has 1 aliphatic rings. The van der Waals surface area contributed by atoms with Crippen LogP contribution in [0.1, 0.15) is 66.4 Å². The SMILES string of the molecule is Cc1cc(OCCCC(=O)NCCNC(=O)C(CCC(=O)O)NC(=O)C(CCC(=O)O)CNC(=O)CN2CCN(CC(=O)O)CCN(CC(=O)O)CCN(CC(=O)O)CC2)cc(C)c1S(=O)(=O)NC(CNC(=O)c1ccc2c(cnn2CCCNc2ccccn2)c1)C(=O)O. The molecule has 0 saturated carbocycles. The van der Waals surface area contributed by atoms with Crippen molar-refractivity contribution in [3.8, 4) is 5.75 Å². The predicted molar refractivity (Wildman–Crippen MR) is 339 cm³/mol. The second-order valence-corrected chi connectivity index (χ2v) is 24.2. The quantitative estimate of drug-likeness (QED) is 0.0227. The fraction of sp³-hybridized carbons (Fsp3) is 0.517. The monoisotopic (exact) mass is 1350 g/mol. The standard InChI is InChI=1S/C60H84N14O20S/c1-39-29-44(30-40(2)56(39)95(92,93)69-46(60(90)91)34-66-57(87)41-9-12-47-43(31-41)33-67-74(47)19-6-16-62-48-7-3-4-15-61-48)94-28-5-8-49(75)63-17-18-64-59(89)45(11-14-52(79)80)68-58(88)42(10-13-51(77)78)32-65-50(76)35-70-20-22-71(36-53(81)82)24-26-73(38-55(85)86)27-25-72(23-21-70)37-54(83)84/h3-4,7,9,12,15,29-31,33,42,45-46,69H,5-6,8,10-11,13-14,16-28,32,34-38H2,1-2H3,(H,61,62)(H,63,75)(H,64,89)(H,65,76)(H,66,87)(H,68,88)(H,77,78)(H,79,80)(H,81,82)(H,83,84)(H,85,86)(H,90,91). The number of aryl methyl sites for hydroxylation is 3. The van der Waals surface area contributed by atoms with Gasteiger partial charge in [0.2, 0.25) is 33.7 Å². The summed E-state index contributed by atoms with van der Waals surface area (Å²) in [6.07, 6.45) is 2.33. The number of carbonyl (C=O) groups excluding carboxylic acids is 5. The molecule has 34 nitrogen and oxygen atoms in total. The summed E-state index contributed by atoms with van der Waals surface area (Å²) in [6, 6.07) is 10.1. The third kappa shape index (κ3) is 27.6. The minimum atomic E-state index is -4.49. The first-order valence-electron chi connectivity index (χ1n) is 30.6. The Kier molecular flexibility index (Phi) is 31.1. The molecular weight excluding hydrogens is 1270 g/mol. The largest absolute Gasteiger partial charge is 0.494 e. The van der Waals surface area contributed by atoms with Crippen LogP contribution in [-0.4, -0.2) is 269 Å². The normalized spacial score (nSPS) is 14.8. The zero-order valence-electron chi connectivity index (χ0n) is 52.8. The van der Waals surface area contributed by atoms with Crippen LogP contribution in [0.25, 0.3) is 10.9 Å². The van der Waals surface area contributed by atoms with Gasteiger partial charge in [-0.25, -0.2) is 13.4 Å². The lowest BCUT2D eigenvalue weighted by molar-refractivity contribution is -0.140. The molecule has 5 amide bonds. The maximum Gasteiger partial charge on any atom is 0.323 e. The maximum atomic E-state index is 13.7. The van der Waals surface area contributed by atoms with Gasteiger partial charge in [-0.15, -0.1) is 0 Å². The van der Waals surface area contributed by atoms with Gasteiger partial charge in [0.25, 0.3) is 5.91 Å². The topological polar surface area (TPSA) is 480 Å². The first-order chi connectivity index (χ1) is 45.1. The fourth-order valence-corrected chi connectivity index (χ4v) is 11.9. The maximum absolute atomic E-state index is 13.7. The Morgan fingerprint density at radius 3 is 1.73 bits per heavy atom. The van der Waals surface area contributed by atoms with E-state index in [-0.39, 0.29) is 132 Å². The molecule has 0 radical (unpaired) electrons. The average molecular weight is 1350 g/mol. The first kappa shape index (κ1) is 76.3. The number of carboxylic acid groups (broad SMARTS) is 6. The van der Waals surface area contributed by atoms with Gasteiger partial charge in [0.1, 0.15) is 23.7 Å². The van der Waals surface area contributed by atoms with Crippen LogP contribution in [0.3, 0.4) is 0 Å². The molecule has 1 aliphatic heterocycles. The molecule has 3 heterocycles. The van der Waals surface area contributed by atoms with Crippen molar-refractivity contribution >= 4 is 92.1 Å². The van der Waals surface area contributed by atoms with Crippen LogP contribution < -0.4 is 41.4 Å². The van der Waals surface area contributed by atoms with Crippen molar-refractivity contribution in [3.05, 3.63) is 77.6 Å². The zero-order chi connectivity index (χ0) is 69.6. The number of amides is 5. The van der Waals surface area contributed by atoms with Crippen LogP contribution in [0.2, 0.25) is 0 Å². The molecule has 2 aromatic carbocycles. The van der Waals surface area contributed by atoms with Gasteiger partial charge in [0.15, 0.2) is 0 Å². The molecule has 2 aromatic heterocycles. The average Bonchev–Trinajstić information content (AvgIpc) is 1.64. The number of rotatable bonds is 39. The van der Waals surface area contributed by atoms with E-state index in [0.717, 1.165) is 17.8 Å². The Bertz CT molecular complexity index is 3380. The smallest absolute Gasteiger partial charge is 0.323 e. The number of hydrogen-bond donors (Lipinski definition) is 13. The summed E-state index contributed by atoms with van der Waals surface area (Å²) >= 11 is 0. The van der Waals surface area contributed by atoms with Crippen molar-refractivity contribution in [1.29, 1.82) is 0 Å². The van der Waals surface area contributed by atoms with Gasteiger partial charge < -0.3 is 67.3 Å². The van der Waals surface area contributed by atoms with Crippen LogP contribution in [0.5, 0.6) is 5.75 Å². The highest BCUT2D eigenvalue weighted by Gasteiger charge is 2.31. The van der Waals surface area contributed by atoms with E-state index in [9.17, 15) is 91.8 Å². The molecule has 4 aromatic rings. The summed E-state index contributed by atoms with van der Waals surface area (Å²) in [5.41, 5.74) is 1.40. The number of pyridine rings is 1. The van der Waals surface area contributed by atoms with Crippen LogP contribution in [-0.2, 0) is 64.5 Å². The summed E-state index contributed by atoms with van der Waals surface area (Å²) in [7, 11) is -4.49. The molecule has 520 valence electrons. The lowest BCUT2D eigenvalue weighted by atomic mass is 10.0. The Morgan fingerprint density at radius 2 is 1.17 bits per heavy atom. The van der Waals surface area contributed by atoms with Crippen molar-refractivity contribution < 1.29 is 96.5 Å². The number of aromatic nitrogens is 3. The molecule has 95 heavy (non-hydrogen) atoms. The summed E-state index contributed by atoms with van der Waals surface area (Å²) in [5.74, 6) is -11.2. The van der Waals surface area contributed by atoms with Crippen LogP contribution >= 0.6 is 0 Å². The molecule has 0 spiro atoms. The third-order valence-electron chi connectivity index (χ3n) is 15.0. The van der Waals surface area contributed by atoms with E-state index in [1.54, 1.807) is 54.9 Å². The van der Waals surface area contributed by atoms with E-state index in [0.29, 0.717) is 18.5 Å². The Morgan fingerprint density at radius 1 is 0.589 bits per heavy atom. The van der Waals surface area contributed by atoms with Crippen LogP contribution in [0.15, 0.2) is 65.8 Å². The molecular formula is C60H84N14O20S. The van der Waals surface area contributed by atoms with E-state index in [1.807, 2.05) is 18.2 Å². The summed E-state index contributed by atoms with van der Waals surface area (Å²) in [6.45, 7) is 2.45. The van der Waals surface area contributed by atoms with E-state index in [4.69, 9.17) is 4.74 Å². The molecule has 0 aliphatic carbocycles. The minimum Gasteiger partial charge on any atom is -0.494 e. The van der Waals surface area contributed by atoms with Crippen molar-refractivity contribution in [2.45, 2.75) is 82.3 Å². The minimum absolute atomic E-state index is 0.00187. The predicted octanol–water partition coefficient (Wildman–Crippen LogP) is -1.47. The van der Waals surface area contributed by atoms with Crippen LogP contribution in [0, 0.1) is 19.8 Å². The molecule has 35 heteroatoms. The number of fused-ring (bicyclic) bond motifs is 1. The second kappa shape index (κ2) is 38.7. The number of nitrogens with one attached hydrogen (secondary N) is 7. The van der Waals surface area contributed by atoms with E-state index in [1.165, 1.54) is 26.0 Å². The number of ether oxygens (including phenoxy) is 1. The lowest BCUT2D eigenvalue weighted by Crippen LogP contribution is -2.52. The summed E-state index contributed by atoms with van der Waals surface area (Å²) in [4.78, 5) is 147.